The van der Waals surface area contributed by atoms with Gasteiger partial charge in [0, 0.05) is 6.04 Å². The van der Waals surface area contributed by atoms with Crippen LogP contribution in [-0.4, -0.2) is 23.1 Å². The molecule has 0 amide bonds. The number of nitrogens with two attached hydrogens (primary N) is 1. The van der Waals surface area contributed by atoms with Crippen molar-refractivity contribution in [2.75, 3.05) is 0 Å². The number of aryl methyl sites for hydroxylation is 1. The van der Waals surface area contributed by atoms with Crippen molar-refractivity contribution in [3.05, 3.63) is 71.8 Å². The van der Waals surface area contributed by atoms with Gasteiger partial charge in [0.15, 0.2) is 0 Å². The minimum absolute atomic E-state index is 0. The standard InChI is InChI=1S/C23H27NO4.ClH/c24-20-12-7-15-23(20,22(26)27)19(14-13-17-8-3-1-4-9-17)21(25)28-16-18-10-5-2-6-11-18;/h1-6,8-11,19-20H,7,12-16,24H2,(H,26,27);1H/t19-,20?,23?;/m1./s1. The normalized spacial score (nSPS) is 21.8. The maximum atomic E-state index is 13.0. The Bertz CT molecular complexity index is 799. The maximum absolute atomic E-state index is 13.0. The fourth-order valence-electron chi connectivity index (χ4n) is 4.28. The van der Waals surface area contributed by atoms with Crippen molar-refractivity contribution in [1.29, 1.82) is 0 Å². The lowest BCUT2D eigenvalue weighted by Gasteiger charge is -2.35. The molecule has 0 spiro atoms. The molecule has 3 N–H and O–H groups in total. The van der Waals surface area contributed by atoms with Gasteiger partial charge in [-0.25, -0.2) is 0 Å². The van der Waals surface area contributed by atoms with Crippen molar-refractivity contribution in [3.63, 3.8) is 0 Å². The molecule has 1 aliphatic carbocycles. The van der Waals surface area contributed by atoms with Gasteiger partial charge in [-0.1, -0.05) is 67.1 Å². The first-order valence-electron chi connectivity index (χ1n) is 9.77. The van der Waals surface area contributed by atoms with Crippen molar-refractivity contribution < 1.29 is 19.4 Å². The zero-order valence-electron chi connectivity index (χ0n) is 16.3. The van der Waals surface area contributed by atoms with Crippen molar-refractivity contribution in [3.8, 4) is 0 Å². The van der Waals surface area contributed by atoms with Crippen LogP contribution in [0.25, 0.3) is 0 Å². The van der Waals surface area contributed by atoms with Crippen LogP contribution in [0.5, 0.6) is 0 Å². The van der Waals surface area contributed by atoms with E-state index in [1.165, 1.54) is 0 Å². The highest BCUT2D eigenvalue weighted by Crippen LogP contribution is 2.46. The van der Waals surface area contributed by atoms with E-state index in [1.54, 1.807) is 0 Å². The maximum Gasteiger partial charge on any atom is 0.312 e. The van der Waals surface area contributed by atoms with Gasteiger partial charge in [0.05, 0.1) is 11.3 Å². The van der Waals surface area contributed by atoms with Crippen LogP contribution in [0.3, 0.4) is 0 Å². The molecule has 156 valence electrons. The number of benzene rings is 2. The highest BCUT2D eigenvalue weighted by Gasteiger charge is 2.56. The van der Waals surface area contributed by atoms with Crippen LogP contribution < -0.4 is 5.73 Å². The van der Waals surface area contributed by atoms with Crippen molar-refractivity contribution in [2.45, 2.75) is 44.8 Å². The summed E-state index contributed by atoms with van der Waals surface area (Å²) in [5.74, 6) is -2.24. The Kier molecular flexibility index (Phi) is 8.23. The van der Waals surface area contributed by atoms with Crippen molar-refractivity contribution >= 4 is 24.3 Å². The third-order valence-electron chi connectivity index (χ3n) is 5.86. The number of ether oxygens (including phenoxy) is 1. The van der Waals surface area contributed by atoms with Gasteiger partial charge >= 0.3 is 11.9 Å². The van der Waals surface area contributed by atoms with Crippen LogP contribution in [-0.2, 0) is 27.4 Å². The largest absolute Gasteiger partial charge is 0.481 e. The van der Waals surface area contributed by atoms with E-state index in [2.05, 4.69) is 0 Å². The fourth-order valence-corrected chi connectivity index (χ4v) is 4.28. The molecule has 3 rings (SSSR count). The predicted octanol–water partition coefficient (Wildman–Crippen LogP) is 3.98. The van der Waals surface area contributed by atoms with Crippen LogP contribution in [0, 0.1) is 11.3 Å². The molecule has 3 atom stereocenters. The molecule has 1 fully saturated rings. The molecule has 2 aromatic carbocycles. The van der Waals surface area contributed by atoms with Gasteiger partial charge < -0.3 is 15.6 Å². The molecule has 0 bridgehead atoms. The summed E-state index contributed by atoms with van der Waals surface area (Å²) in [6, 6.07) is 18.6. The first-order chi connectivity index (χ1) is 13.5. The molecule has 0 aromatic heterocycles. The number of carboxylic acids is 1. The highest BCUT2D eigenvalue weighted by molar-refractivity contribution is 5.86. The summed E-state index contributed by atoms with van der Waals surface area (Å²) in [7, 11) is 0. The average molecular weight is 418 g/mol. The van der Waals surface area contributed by atoms with Crippen LogP contribution in [0.1, 0.15) is 36.8 Å². The zero-order chi connectivity index (χ0) is 20.0. The number of carbonyl (C=O) groups excluding carboxylic acids is 1. The monoisotopic (exact) mass is 417 g/mol. The first-order valence-corrected chi connectivity index (χ1v) is 9.77. The van der Waals surface area contributed by atoms with Crippen molar-refractivity contribution in [1.82, 2.24) is 0 Å². The molecule has 0 aliphatic heterocycles. The van der Waals surface area contributed by atoms with E-state index in [0.29, 0.717) is 32.1 Å². The van der Waals surface area contributed by atoms with Crippen molar-refractivity contribution in [2.24, 2.45) is 17.1 Å². The van der Waals surface area contributed by atoms with Gasteiger partial charge in [-0.15, -0.1) is 12.4 Å². The van der Waals surface area contributed by atoms with E-state index >= 15 is 0 Å². The van der Waals surface area contributed by atoms with Gasteiger partial charge in [0.25, 0.3) is 0 Å². The van der Waals surface area contributed by atoms with E-state index in [0.717, 1.165) is 11.1 Å². The van der Waals surface area contributed by atoms with E-state index in [4.69, 9.17) is 10.5 Å². The zero-order valence-corrected chi connectivity index (χ0v) is 17.1. The third kappa shape index (κ3) is 5.17. The molecule has 1 saturated carbocycles. The Labute approximate surface area is 177 Å². The Balaban J connectivity index is 0.00000300. The molecule has 0 heterocycles. The van der Waals surface area contributed by atoms with Crippen LogP contribution in [0.15, 0.2) is 60.7 Å². The SMILES string of the molecule is Cl.NC1CCCC1(C(=O)O)[C@H](CCc1ccccc1)C(=O)OCc1ccccc1. The number of hydrogen-bond donors (Lipinski definition) is 2. The number of esters is 1. The number of hydrogen-bond acceptors (Lipinski definition) is 4. The smallest absolute Gasteiger partial charge is 0.312 e. The average Bonchev–Trinajstić information content (AvgIpc) is 3.10. The summed E-state index contributed by atoms with van der Waals surface area (Å²) in [6.07, 6.45) is 2.73. The Morgan fingerprint density at radius 1 is 1.07 bits per heavy atom. The lowest BCUT2D eigenvalue weighted by molar-refractivity contribution is -0.168. The van der Waals surface area contributed by atoms with Crippen LogP contribution in [0.2, 0.25) is 0 Å². The Hall–Kier alpha value is -2.37. The highest BCUT2D eigenvalue weighted by atomic mass is 35.5. The van der Waals surface area contributed by atoms with Gasteiger partial charge in [-0.2, -0.15) is 0 Å². The molecule has 2 aromatic rings. The minimum Gasteiger partial charge on any atom is -0.481 e. The quantitative estimate of drug-likeness (QED) is 0.634. The molecule has 0 saturated heterocycles. The fraction of sp³-hybridized carbons (Fsp3) is 0.391. The molecule has 5 nitrogen and oxygen atoms in total. The molecule has 0 radical (unpaired) electrons. The topological polar surface area (TPSA) is 89.6 Å². The van der Waals surface area contributed by atoms with Crippen LogP contribution in [0.4, 0.5) is 0 Å². The summed E-state index contributed by atoms with van der Waals surface area (Å²) in [5.41, 5.74) is 6.92. The predicted molar refractivity (Wildman–Crippen MR) is 114 cm³/mol. The first kappa shape index (κ1) is 22.9. The molecular weight excluding hydrogens is 390 g/mol. The molecule has 2 unspecified atom stereocenters. The number of carbonyl (C=O) groups is 2. The molecule has 6 heteroatoms. The number of carboxylic acid groups (broad SMARTS) is 1. The number of aliphatic carboxylic acids is 1. The Morgan fingerprint density at radius 2 is 1.66 bits per heavy atom. The number of halogens is 1. The van der Waals surface area contributed by atoms with E-state index < -0.39 is 29.3 Å². The van der Waals surface area contributed by atoms with Gasteiger partial charge in [-0.05, 0) is 36.8 Å². The molecular formula is C23H28ClNO4. The van der Waals surface area contributed by atoms with E-state index in [-0.39, 0.29) is 19.0 Å². The summed E-state index contributed by atoms with van der Waals surface area (Å²) >= 11 is 0. The van der Waals surface area contributed by atoms with E-state index in [9.17, 15) is 14.7 Å². The summed E-state index contributed by atoms with van der Waals surface area (Å²) in [5, 5.41) is 10.0. The van der Waals surface area contributed by atoms with Gasteiger partial charge in [-0.3, -0.25) is 9.59 Å². The summed E-state index contributed by atoms with van der Waals surface area (Å²) in [4.78, 5) is 25.3. The van der Waals surface area contributed by atoms with Gasteiger partial charge in [0.1, 0.15) is 6.61 Å². The summed E-state index contributed by atoms with van der Waals surface area (Å²) in [6.45, 7) is 0.131. The second kappa shape index (κ2) is 10.4. The summed E-state index contributed by atoms with van der Waals surface area (Å²) < 4.78 is 5.56. The minimum atomic E-state index is -1.26. The third-order valence-corrected chi connectivity index (χ3v) is 5.86. The second-order valence-electron chi connectivity index (χ2n) is 7.51. The number of rotatable bonds is 8. The van der Waals surface area contributed by atoms with Gasteiger partial charge in [0.2, 0.25) is 0 Å². The van der Waals surface area contributed by atoms with E-state index in [1.807, 2.05) is 60.7 Å². The Morgan fingerprint density at radius 3 is 2.17 bits per heavy atom. The molecule has 1 aliphatic rings. The lowest BCUT2D eigenvalue weighted by atomic mass is 9.69. The molecule has 29 heavy (non-hydrogen) atoms. The van der Waals surface area contributed by atoms with Crippen LogP contribution >= 0.6 is 12.4 Å². The second-order valence-corrected chi connectivity index (χ2v) is 7.51. The lowest BCUT2D eigenvalue weighted by Crippen LogP contribution is -2.52.